The summed E-state index contributed by atoms with van der Waals surface area (Å²) in [5, 5.41) is 17.9. The molecule has 0 saturated carbocycles. The van der Waals surface area contributed by atoms with E-state index in [2.05, 4.69) is 0 Å². The first kappa shape index (κ1) is 11.4. The Kier molecular flexibility index (Phi) is 3.97. The van der Waals surface area contributed by atoms with E-state index in [0.717, 1.165) is 0 Å². The Hall–Kier alpha value is -1.71. The van der Waals surface area contributed by atoms with Crippen molar-refractivity contribution in [3.8, 4) is 11.5 Å². The SMILES string of the molecule is CCC(COc1cccc(O)c1)C(=O)O. The zero-order chi connectivity index (χ0) is 11.3. The fourth-order valence-corrected chi connectivity index (χ4v) is 1.13. The number of carboxylic acids is 1. The van der Waals surface area contributed by atoms with Crippen molar-refractivity contribution in [1.29, 1.82) is 0 Å². The minimum absolute atomic E-state index is 0.107. The van der Waals surface area contributed by atoms with Gasteiger partial charge in [0, 0.05) is 6.07 Å². The topological polar surface area (TPSA) is 66.8 Å². The van der Waals surface area contributed by atoms with Crippen LogP contribution in [0.15, 0.2) is 24.3 Å². The molecule has 0 aromatic heterocycles. The molecule has 0 saturated heterocycles. The number of aliphatic carboxylic acids is 1. The Morgan fingerprint density at radius 2 is 2.27 bits per heavy atom. The van der Waals surface area contributed by atoms with E-state index in [-0.39, 0.29) is 12.4 Å². The number of hydrogen-bond acceptors (Lipinski definition) is 3. The Labute approximate surface area is 88.1 Å². The molecule has 0 amide bonds. The normalized spacial score (nSPS) is 12.1. The highest BCUT2D eigenvalue weighted by Gasteiger charge is 2.15. The maximum atomic E-state index is 10.7. The highest BCUT2D eigenvalue weighted by Crippen LogP contribution is 2.18. The van der Waals surface area contributed by atoms with E-state index in [9.17, 15) is 4.79 Å². The Morgan fingerprint density at radius 3 is 2.80 bits per heavy atom. The largest absolute Gasteiger partial charge is 0.508 e. The Bertz CT molecular complexity index is 335. The second-order valence-corrected chi connectivity index (χ2v) is 3.25. The van der Waals surface area contributed by atoms with E-state index in [4.69, 9.17) is 14.9 Å². The summed E-state index contributed by atoms with van der Waals surface area (Å²) in [7, 11) is 0. The third kappa shape index (κ3) is 3.50. The number of ether oxygens (including phenoxy) is 1. The molecule has 0 bridgehead atoms. The monoisotopic (exact) mass is 210 g/mol. The van der Waals surface area contributed by atoms with Crippen LogP contribution < -0.4 is 4.74 Å². The predicted molar refractivity (Wildman–Crippen MR) is 55.0 cm³/mol. The molecule has 0 aliphatic rings. The minimum atomic E-state index is -0.863. The summed E-state index contributed by atoms with van der Waals surface area (Å²) in [5.74, 6) is -0.782. The van der Waals surface area contributed by atoms with Crippen molar-refractivity contribution in [1.82, 2.24) is 0 Å². The first-order valence-corrected chi connectivity index (χ1v) is 4.78. The molecule has 4 heteroatoms. The van der Waals surface area contributed by atoms with E-state index in [0.29, 0.717) is 12.2 Å². The summed E-state index contributed by atoms with van der Waals surface area (Å²) in [4.78, 5) is 10.7. The molecule has 0 spiro atoms. The summed E-state index contributed by atoms with van der Waals surface area (Å²) in [5.41, 5.74) is 0. The summed E-state index contributed by atoms with van der Waals surface area (Å²) >= 11 is 0. The van der Waals surface area contributed by atoms with Crippen molar-refractivity contribution in [2.24, 2.45) is 5.92 Å². The van der Waals surface area contributed by atoms with Crippen LogP contribution >= 0.6 is 0 Å². The summed E-state index contributed by atoms with van der Waals surface area (Å²) in [6.45, 7) is 1.92. The van der Waals surface area contributed by atoms with Gasteiger partial charge in [-0.2, -0.15) is 0 Å². The molecule has 2 N–H and O–H groups in total. The number of rotatable bonds is 5. The van der Waals surface area contributed by atoms with Gasteiger partial charge in [0.2, 0.25) is 0 Å². The molecule has 1 unspecified atom stereocenters. The van der Waals surface area contributed by atoms with Gasteiger partial charge in [0.15, 0.2) is 0 Å². The van der Waals surface area contributed by atoms with Crippen molar-refractivity contribution in [2.75, 3.05) is 6.61 Å². The van der Waals surface area contributed by atoms with Crippen LogP contribution in [0.5, 0.6) is 11.5 Å². The lowest BCUT2D eigenvalue weighted by atomic mass is 10.1. The third-order valence-electron chi connectivity index (χ3n) is 2.11. The van der Waals surface area contributed by atoms with Gasteiger partial charge < -0.3 is 14.9 Å². The number of carbonyl (C=O) groups is 1. The van der Waals surface area contributed by atoms with Crippen LogP contribution in [-0.2, 0) is 4.79 Å². The number of carboxylic acid groups (broad SMARTS) is 1. The molecule has 0 radical (unpaired) electrons. The highest BCUT2D eigenvalue weighted by molar-refractivity contribution is 5.70. The number of hydrogen-bond donors (Lipinski definition) is 2. The number of aromatic hydroxyl groups is 1. The number of phenolic OH excluding ortho intramolecular Hbond substituents is 1. The average Bonchev–Trinajstić information content (AvgIpc) is 2.18. The van der Waals surface area contributed by atoms with E-state index in [1.54, 1.807) is 19.1 Å². The van der Waals surface area contributed by atoms with Gasteiger partial charge in [-0.25, -0.2) is 0 Å². The van der Waals surface area contributed by atoms with Crippen LogP contribution in [0.3, 0.4) is 0 Å². The Balaban J connectivity index is 2.52. The second kappa shape index (κ2) is 5.24. The molecule has 0 heterocycles. The molecule has 15 heavy (non-hydrogen) atoms. The fraction of sp³-hybridized carbons (Fsp3) is 0.364. The molecule has 1 atom stereocenters. The first-order chi connectivity index (χ1) is 7.13. The van der Waals surface area contributed by atoms with Gasteiger partial charge in [-0.15, -0.1) is 0 Å². The van der Waals surface area contributed by atoms with E-state index >= 15 is 0 Å². The first-order valence-electron chi connectivity index (χ1n) is 4.78. The van der Waals surface area contributed by atoms with Gasteiger partial charge in [0.1, 0.15) is 18.1 Å². The molecular weight excluding hydrogens is 196 g/mol. The van der Waals surface area contributed by atoms with Crippen molar-refractivity contribution in [3.05, 3.63) is 24.3 Å². The fourth-order valence-electron chi connectivity index (χ4n) is 1.13. The predicted octanol–water partition coefficient (Wildman–Crippen LogP) is 1.88. The highest BCUT2D eigenvalue weighted by atomic mass is 16.5. The summed E-state index contributed by atoms with van der Waals surface area (Å²) in [6.07, 6.45) is 0.522. The third-order valence-corrected chi connectivity index (χ3v) is 2.11. The van der Waals surface area contributed by atoms with Crippen molar-refractivity contribution < 1.29 is 19.7 Å². The molecule has 0 aliphatic heterocycles. The van der Waals surface area contributed by atoms with Crippen molar-refractivity contribution in [2.45, 2.75) is 13.3 Å². The van der Waals surface area contributed by atoms with Crippen LogP contribution in [0.2, 0.25) is 0 Å². The standard InChI is InChI=1S/C11H14O4/c1-2-8(11(13)14)7-15-10-5-3-4-9(12)6-10/h3-6,8,12H,2,7H2,1H3,(H,13,14). The van der Waals surface area contributed by atoms with E-state index in [1.165, 1.54) is 12.1 Å². The van der Waals surface area contributed by atoms with Crippen molar-refractivity contribution >= 4 is 5.97 Å². The van der Waals surface area contributed by atoms with Gasteiger partial charge in [0.05, 0.1) is 5.92 Å². The molecule has 1 aromatic carbocycles. The van der Waals surface area contributed by atoms with Gasteiger partial charge in [-0.1, -0.05) is 13.0 Å². The number of phenols is 1. The zero-order valence-corrected chi connectivity index (χ0v) is 8.51. The van der Waals surface area contributed by atoms with Crippen LogP contribution in [0.25, 0.3) is 0 Å². The average molecular weight is 210 g/mol. The van der Waals surface area contributed by atoms with E-state index < -0.39 is 11.9 Å². The van der Waals surface area contributed by atoms with Gasteiger partial charge in [-0.05, 0) is 18.6 Å². The molecule has 1 rings (SSSR count). The summed E-state index contributed by atoms with van der Waals surface area (Å²) < 4.78 is 5.26. The van der Waals surface area contributed by atoms with Gasteiger partial charge >= 0.3 is 5.97 Å². The molecule has 0 fully saturated rings. The number of benzene rings is 1. The zero-order valence-electron chi connectivity index (χ0n) is 8.51. The summed E-state index contributed by atoms with van der Waals surface area (Å²) in [6, 6.07) is 6.30. The molecule has 4 nitrogen and oxygen atoms in total. The smallest absolute Gasteiger partial charge is 0.309 e. The maximum Gasteiger partial charge on any atom is 0.309 e. The second-order valence-electron chi connectivity index (χ2n) is 3.25. The maximum absolute atomic E-state index is 10.7. The quantitative estimate of drug-likeness (QED) is 0.778. The van der Waals surface area contributed by atoms with Crippen molar-refractivity contribution in [3.63, 3.8) is 0 Å². The molecule has 0 aliphatic carbocycles. The van der Waals surface area contributed by atoms with Gasteiger partial charge in [0.25, 0.3) is 0 Å². The van der Waals surface area contributed by atoms with Crippen LogP contribution in [0.4, 0.5) is 0 Å². The van der Waals surface area contributed by atoms with Crippen LogP contribution in [0, 0.1) is 5.92 Å². The molecule has 82 valence electrons. The molecule has 1 aromatic rings. The van der Waals surface area contributed by atoms with Gasteiger partial charge in [-0.3, -0.25) is 4.79 Å². The lowest BCUT2D eigenvalue weighted by Crippen LogP contribution is -2.20. The van der Waals surface area contributed by atoms with E-state index in [1.807, 2.05) is 0 Å². The minimum Gasteiger partial charge on any atom is -0.508 e. The van der Waals surface area contributed by atoms with Crippen LogP contribution in [-0.4, -0.2) is 22.8 Å². The van der Waals surface area contributed by atoms with Crippen LogP contribution in [0.1, 0.15) is 13.3 Å². The lowest BCUT2D eigenvalue weighted by molar-refractivity contribution is -0.142. The molecular formula is C11H14O4. The Morgan fingerprint density at radius 1 is 1.53 bits per heavy atom. The lowest BCUT2D eigenvalue weighted by Gasteiger charge is -2.11.